The van der Waals surface area contributed by atoms with Crippen molar-refractivity contribution in [3.8, 4) is 5.75 Å². The fourth-order valence-corrected chi connectivity index (χ4v) is 2.50. The van der Waals surface area contributed by atoms with Crippen molar-refractivity contribution in [2.45, 2.75) is 13.2 Å². The Kier molecular flexibility index (Phi) is 6.28. The molecule has 2 N–H and O–H groups in total. The first kappa shape index (κ1) is 18.7. The molecule has 138 valence electrons. The summed E-state index contributed by atoms with van der Waals surface area (Å²) in [5.41, 5.74) is 2.05. The molecule has 0 heterocycles. The van der Waals surface area contributed by atoms with Gasteiger partial charge < -0.3 is 15.4 Å². The second-order valence-corrected chi connectivity index (χ2v) is 6.28. The van der Waals surface area contributed by atoms with Crippen LogP contribution in [0.2, 0.25) is 5.02 Å². The molecule has 0 fully saturated rings. The summed E-state index contributed by atoms with van der Waals surface area (Å²) in [6.45, 7) is 0.536. The molecule has 3 rings (SSSR count). The zero-order valence-electron chi connectivity index (χ0n) is 14.4. The number of amides is 2. The van der Waals surface area contributed by atoms with Crippen molar-refractivity contribution in [1.82, 2.24) is 5.32 Å². The molecular weight excluding hydrogens is 367 g/mol. The molecule has 0 unspecified atom stereocenters. The van der Waals surface area contributed by atoms with E-state index in [1.807, 2.05) is 24.3 Å². The van der Waals surface area contributed by atoms with Gasteiger partial charge in [-0.1, -0.05) is 41.9 Å². The van der Waals surface area contributed by atoms with Gasteiger partial charge in [0.2, 0.25) is 0 Å². The van der Waals surface area contributed by atoms with Crippen molar-refractivity contribution in [2.75, 3.05) is 5.32 Å². The zero-order valence-corrected chi connectivity index (χ0v) is 15.2. The van der Waals surface area contributed by atoms with E-state index < -0.39 is 6.03 Å². The SMILES string of the molecule is O=C(NCc1ccccc1F)Nc1ccc(OCc2ccc(Cl)cc2)cc1. The first-order valence-corrected chi connectivity index (χ1v) is 8.73. The van der Waals surface area contributed by atoms with Crippen LogP contribution in [0.25, 0.3) is 0 Å². The minimum absolute atomic E-state index is 0.112. The molecule has 0 saturated heterocycles. The maximum atomic E-state index is 13.5. The topological polar surface area (TPSA) is 50.4 Å². The zero-order chi connectivity index (χ0) is 19.1. The smallest absolute Gasteiger partial charge is 0.319 e. The quantitative estimate of drug-likeness (QED) is 0.599. The fourth-order valence-electron chi connectivity index (χ4n) is 2.37. The van der Waals surface area contributed by atoms with Gasteiger partial charge >= 0.3 is 6.03 Å². The van der Waals surface area contributed by atoms with Crippen LogP contribution in [-0.4, -0.2) is 6.03 Å². The van der Waals surface area contributed by atoms with E-state index in [0.29, 0.717) is 28.6 Å². The summed E-state index contributed by atoms with van der Waals surface area (Å²) in [6, 6.07) is 20.3. The summed E-state index contributed by atoms with van der Waals surface area (Å²) in [5.74, 6) is 0.335. The Morgan fingerprint density at radius 2 is 1.67 bits per heavy atom. The molecule has 0 atom stereocenters. The summed E-state index contributed by atoms with van der Waals surface area (Å²) >= 11 is 5.85. The van der Waals surface area contributed by atoms with E-state index in [2.05, 4.69) is 10.6 Å². The Balaban J connectivity index is 1.47. The number of halogens is 2. The van der Waals surface area contributed by atoms with E-state index in [0.717, 1.165) is 5.56 Å². The number of hydrogen-bond donors (Lipinski definition) is 2. The van der Waals surface area contributed by atoms with E-state index in [1.165, 1.54) is 6.07 Å². The lowest BCUT2D eigenvalue weighted by molar-refractivity contribution is 0.251. The maximum absolute atomic E-state index is 13.5. The number of ether oxygens (including phenoxy) is 1. The first-order chi connectivity index (χ1) is 13.1. The normalized spacial score (nSPS) is 10.3. The lowest BCUT2D eigenvalue weighted by Gasteiger charge is -2.10. The van der Waals surface area contributed by atoms with E-state index in [-0.39, 0.29) is 12.4 Å². The van der Waals surface area contributed by atoms with Gasteiger partial charge in [0.15, 0.2) is 0 Å². The number of carbonyl (C=O) groups excluding carboxylic acids is 1. The van der Waals surface area contributed by atoms with Gasteiger partial charge in [-0.05, 0) is 48.0 Å². The lowest BCUT2D eigenvalue weighted by atomic mass is 10.2. The third kappa shape index (κ3) is 5.72. The number of carbonyl (C=O) groups is 1. The summed E-state index contributed by atoms with van der Waals surface area (Å²) < 4.78 is 19.2. The Hall–Kier alpha value is -3.05. The van der Waals surface area contributed by atoms with E-state index in [4.69, 9.17) is 16.3 Å². The van der Waals surface area contributed by atoms with Gasteiger partial charge in [0.1, 0.15) is 18.2 Å². The molecular formula is C21H18ClFN2O2. The molecule has 6 heteroatoms. The molecule has 4 nitrogen and oxygen atoms in total. The van der Waals surface area contributed by atoms with Crippen LogP contribution in [0.15, 0.2) is 72.8 Å². The highest BCUT2D eigenvalue weighted by Crippen LogP contribution is 2.18. The molecule has 0 aliphatic rings. The van der Waals surface area contributed by atoms with Gasteiger partial charge in [-0.25, -0.2) is 9.18 Å². The third-order valence-electron chi connectivity index (χ3n) is 3.83. The van der Waals surface area contributed by atoms with Gasteiger partial charge in [0, 0.05) is 22.8 Å². The summed E-state index contributed by atoms with van der Waals surface area (Å²) in [7, 11) is 0. The highest BCUT2D eigenvalue weighted by atomic mass is 35.5. The highest BCUT2D eigenvalue weighted by Gasteiger charge is 2.05. The molecule has 3 aromatic carbocycles. The third-order valence-corrected chi connectivity index (χ3v) is 4.08. The maximum Gasteiger partial charge on any atom is 0.319 e. The van der Waals surface area contributed by atoms with Crippen LogP contribution in [-0.2, 0) is 13.2 Å². The van der Waals surface area contributed by atoms with Crippen LogP contribution in [0.5, 0.6) is 5.75 Å². The predicted molar refractivity (Wildman–Crippen MR) is 104 cm³/mol. The van der Waals surface area contributed by atoms with Crippen molar-refractivity contribution in [3.63, 3.8) is 0 Å². The number of hydrogen-bond acceptors (Lipinski definition) is 2. The van der Waals surface area contributed by atoms with Gasteiger partial charge in [0.05, 0.1) is 0 Å². The summed E-state index contributed by atoms with van der Waals surface area (Å²) in [5, 5.41) is 6.00. The fraction of sp³-hybridized carbons (Fsp3) is 0.0952. The molecule has 0 spiro atoms. The van der Waals surface area contributed by atoms with Crippen LogP contribution in [0.4, 0.5) is 14.9 Å². The Bertz CT molecular complexity index is 899. The van der Waals surface area contributed by atoms with Gasteiger partial charge in [-0.15, -0.1) is 0 Å². The number of urea groups is 1. The molecule has 0 aliphatic heterocycles. The second kappa shape index (κ2) is 9.05. The molecule has 2 amide bonds. The molecule has 0 radical (unpaired) electrons. The highest BCUT2D eigenvalue weighted by molar-refractivity contribution is 6.30. The summed E-state index contributed by atoms with van der Waals surface area (Å²) in [4.78, 5) is 11.9. The van der Waals surface area contributed by atoms with Gasteiger partial charge in [-0.3, -0.25) is 0 Å². The van der Waals surface area contributed by atoms with E-state index in [1.54, 1.807) is 42.5 Å². The van der Waals surface area contributed by atoms with Crippen LogP contribution in [0, 0.1) is 5.82 Å². The van der Waals surface area contributed by atoms with Gasteiger partial charge in [-0.2, -0.15) is 0 Å². The Labute approximate surface area is 161 Å². The van der Waals surface area contributed by atoms with Crippen molar-refractivity contribution >= 4 is 23.3 Å². The lowest BCUT2D eigenvalue weighted by Crippen LogP contribution is -2.28. The molecule has 0 bridgehead atoms. The average Bonchev–Trinajstić information content (AvgIpc) is 2.68. The number of benzene rings is 3. The molecule has 0 aliphatic carbocycles. The first-order valence-electron chi connectivity index (χ1n) is 8.36. The van der Waals surface area contributed by atoms with Crippen LogP contribution < -0.4 is 15.4 Å². The number of rotatable bonds is 6. The monoisotopic (exact) mass is 384 g/mol. The molecule has 27 heavy (non-hydrogen) atoms. The van der Waals surface area contributed by atoms with Crippen LogP contribution in [0.3, 0.4) is 0 Å². The van der Waals surface area contributed by atoms with Crippen LogP contribution in [0.1, 0.15) is 11.1 Å². The van der Waals surface area contributed by atoms with E-state index in [9.17, 15) is 9.18 Å². The van der Waals surface area contributed by atoms with Crippen LogP contribution >= 0.6 is 11.6 Å². The van der Waals surface area contributed by atoms with Crippen molar-refractivity contribution in [1.29, 1.82) is 0 Å². The average molecular weight is 385 g/mol. The molecule has 0 aromatic heterocycles. The molecule has 0 saturated carbocycles. The van der Waals surface area contributed by atoms with Crippen molar-refractivity contribution < 1.29 is 13.9 Å². The van der Waals surface area contributed by atoms with Gasteiger partial charge in [0.25, 0.3) is 0 Å². The van der Waals surface area contributed by atoms with E-state index >= 15 is 0 Å². The minimum atomic E-state index is -0.409. The largest absolute Gasteiger partial charge is 0.489 e. The van der Waals surface area contributed by atoms with Crippen molar-refractivity contribution in [3.05, 3.63) is 94.8 Å². The molecule has 3 aromatic rings. The standard InChI is InChI=1S/C21H18ClFN2O2/c22-17-7-5-15(6-8-17)14-27-19-11-9-18(10-12-19)25-21(26)24-13-16-3-1-2-4-20(16)23/h1-12H,13-14H2,(H2,24,25,26). The van der Waals surface area contributed by atoms with Crippen molar-refractivity contribution in [2.24, 2.45) is 0 Å². The predicted octanol–water partition coefficient (Wildman–Crippen LogP) is 5.38. The Morgan fingerprint density at radius 3 is 2.37 bits per heavy atom. The second-order valence-electron chi connectivity index (χ2n) is 5.84. The summed E-state index contributed by atoms with van der Waals surface area (Å²) in [6.07, 6.45) is 0. The minimum Gasteiger partial charge on any atom is -0.489 e. The number of nitrogens with one attached hydrogen (secondary N) is 2. The Morgan fingerprint density at radius 1 is 0.963 bits per heavy atom. The number of anilines is 1.